The van der Waals surface area contributed by atoms with Crippen LogP contribution in [0.2, 0.25) is 0 Å². The average Bonchev–Trinajstić information content (AvgIpc) is 3.18. The Labute approximate surface area is 192 Å². The standard InChI is InChI=1S/C23H35N3O2.HI/c1-24-23(26-15-20-4-2-3-5-21(20)16-26)25-14-18-6-8-19(9-7-18)17-28-22-10-12-27-13-11-22;/h6-9,20-22H,2-5,10-17H2,1H3,(H,24,25);1H. The summed E-state index contributed by atoms with van der Waals surface area (Å²) in [4.78, 5) is 7.01. The summed E-state index contributed by atoms with van der Waals surface area (Å²) in [7, 11) is 1.90. The summed E-state index contributed by atoms with van der Waals surface area (Å²) in [6.45, 7) is 5.51. The molecule has 4 rings (SSSR count). The number of nitrogens with zero attached hydrogens (tertiary/aromatic N) is 2. The van der Waals surface area contributed by atoms with Crippen LogP contribution >= 0.6 is 24.0 Å². The van der Waals surface area contributed by atoms with Crippen molar-refractivity contribution in [2.24, 2.45) is 16.8 Å². The lowest BCUT2D eigenvalue weighted by Crippen LogP contribution is -2.39. The van der Waals surface area contributed by atoms with Crippen LogP contribution in [0.15, 0.2) is 29.3 Å². The van der Waals surface area contributed by atoms with E-state index in [0.29, 0.717) is 12.7 Å². The number of rotatable bonds is 5. The van der Waals surface area contributed by atoms with Crippen LogP contribution in [0.1, 0.15) is 49.7 Å². The van der Waals surface area contributed by atoms with Crippen LogP contribution in [0.4, 0.5) is 0 Å². The van der Waals surface area contributed by atoms with Crippen molar-refractivity contribution in [1.29, 1.82) is 0 Å². The largest absolute Gasteiger partial charge is 0.381 e. The van der Waals surface area contributed by atoms with Gasteiger partial charge in [-0.15, -0.1) is 24.0 Å². The highest BCUT2D eigenvalue weighted by atomic mass is 127. The number of likely N-dealkylation sites (tertiary alicyclic amines) is 1. The number of nitrogens with one attached hydrogen (secondary N) is 1. The van der Waals surface area contributed by atoms with Gasteiger partial charge in [-0.3, -0.25) is 4.99 Å². The summed E-state index contributed by atoms with van der Waals surface area (Å²) in [6, 6.07) is 8.77. The van der Waals surface area contributed by atoms with Gasteiger partial charge in [-0.2, -0.15) is 0 Å². The van der Waals surface area contributed by atoms with Gasteiger partial charge in [0.15, 0.2) is 5.96 Å². The number of benzene rings is 1. The highest BCUT2D eigenvalue weighted by Crippen LogP contribution is 2.35. The van der Waals surface area contributed by atoms with E-state index in [9.17, 15) is 0 Å². The number of guanidine groups is 1. The molecule has 2 unspecified atom stereocenters. The van der Waals surface area contributed by atoms with Crippen LogP contribution in [0, 0.1) is 11.8 Å². The summed E-state index contributed by atoms with van der Waals surface area (Å²) in [6.07, 6.45) is 7.99. The third-order valence-corrected chi connectivity index (χ3v) is 6.62. The molecule has 1 N–H and O–H groups in total. The molecule has 0 bridgehead atoms. The first-order chi connectivity index (χ1) is 13.8. The van der Waals surface area contributed by atoms with Gasteiger partial charge in [0, 0.05) is 39.9 Å². The van der Waals surface area contributed by atoms with Gasteiger partial charge in [0.05, 0.1) is 12.7 Å². The lowest BCUT2D eigenvalue weighted by atomic mass is 9.82. The Morgan fingerprint density at radius 1 is 1.03 bits per heavy atom. The first-order valence-corrected chi connectivity index (χ1v) is 11.0. The smallest absolute Gasteiger partial charge is 0.193 e. The van der Waals surface area contributed by atoms with Crippen molar-refractivity contribution in [2.75, 3.05) is 33.4 Å². The van der Waals surface area contributed by atoms with E-state index < -0.39 is 0 Å². The van der Waals surface area contributed by atoms with Crippen LogP contribution in [0.25, 0.3) is 0 Å². The fourth-order valence-electron chi connectivity index (χ4n) is 4.90. The van der Waals surface area contributed by atoms with E-state index in [4.69, 9.17) is 9.47 Å². The first-order valence-electron chi connectivity index (χ1n) is 11.0. The summed E-state index contributed by atoms with van der Waals surface area (Å²) in [5.74, 6) is 2.81. The number of hydrogen-bond acceptors (Lipinski definition) is 3. The van der Waals surface area contributed by atoms with E-state index in [1.807, 2.05) is 7.05 Å². The Hall–Kier alpha value is -0.860. The van der Waals surface area contributed by atoms with Crippen molar-refractivity contribution in [3.05, 3.63) is 35.4 Å². The number of ether oxygens (including phenoxy) is 2. The molecule has 0 aromatic heterocycles. The van der Waals surface area contributed by atoms with Gasteiger partial charge in [-0.25, -0.2) is 0 Å². The van der Waals surface area contributed by atoms with Crippen molar-refractivity contribution in [2.45, 2.75) is 57.8 Å². The maximum absolute atomic E-state index is 6.02. The molecule has 1 aromatic rings. The molecule has 6 heteroatoms. The zero-order valence-electron chi connectivity index (χ0n) is 17.6. The molecule has 2 aliphatic heterocycles. The molecule has 29 heavy (non-hydrogen) atoms. The van der Waals surface area contributed by atoms with E-state index in [2.05, 4.69) is 39.5 Å². The highest BCUT2D eigenvalue weighted by molar-refractivity contribution is 14.0. The lowest BCUT2D eigenvalue weighted by Gasteiger charge is -2.22. The van der Waals surface area contributed by atoms with Crippen LogP contribution < -0.4 is 5.32 Å². The van der Waals surface area contributed by atoms with E-state index in [0.717, 1.165) is 50.4 Å². The van der Waals surface area contributed by atoms with Gasteiger partial charge in [0.2, 0.25) is 0 Å². The summed E-state index contributed by atoms with van der Waals surface area (Å²) >= 11 is 0. The van der Waals surface area contributed by atoms with E-state index >= 15 is 0 Å². The molecule has 162 valence electrons. The van der Waals surface area contributed by atoms with Crippen LogP contribution in [0.5, 0.6) is 0 Å². The van der Waals surface area contributed by atoms with Gasteiger partial charge in [0.1, 0.15) is 0 Å². The number of hydrogen-bond donors (Lipinski definition) is 1. The van der Waals surface area contributed by atoms with Crippen molar-refractivity contribution in [3.63, 3.8) is 0 Å². The Bertz CT molecular complexity index is 632. The molecule has 0 spiro atoms. The molecule has 3 fully saturated rings. The predicted octanol–water partition coefficient (Wildman–Crippen LogP) is 4.20. The average molecular weight is 513 g/mol. The van der Waals surface area contributed by atoms with Gasteiger partial charge in [0.25, 0.3) is 0 Å². The third-order valence-electron chi connectivity index (χ3n) is 6.62. The minimum Gasteiger partial charge on any atom is -0.381 e. The quantitative estimate of drug-likeness (QED) is 0.365. The molecular weight excluding hydrogens is 477 g/mol. The normalized spacial score (nSPS) is 25.4. The minimum atomic E-state index is 0. The fourth-order valence-corrected chi connectivity index (χ4v) is 4.90. The zero-order chi connectivity index (χ0) is 19.2. The Kier molecular flexibility index (Phi) is 9.06. The van der Waals surface area contributed by atoms with Gasteiger partial charge >= 0.3 is 0 Å². The van der Waals surface area contributed by atoms with E-state index in [-0.39, 0.29) is 24.0 Å². The molecule has 2 atom stereocenters. The summed E-state index contributed by atoms with van der Waals surface area (Å²) in [5.41, 5.74) is 2.52. The molecule has 5 nitrogen and oxygen atoms in total. The molecule has 1 aliphatic carbocycles. The van der Waals surface area contributed by atoms with Crippen molar-refractivity contribution in [1.82, 2.24) is 10.2 Å². The molecule has 2 saturated heterocycles. The third kappa shape index (κ3) is 6.31. The van der Waals surface area contributed by atoms with E-state index in [1.165, 1.54) is 49.9 Å². The maximum atomic E-state index is 6.02. The minimum absolute atomic E-state index is 0. The van der Waals surface area contributed by atoms with Crippen LogP contribution in [-0.4, -0.2) is 50.3 Å². The zero-order valence-corrected chi connectivity index (χ0v) is 20.0. The number of halogens is 1. The fraction of sp³-hybridized carbons (Fsp3) is 0.696. The van der Waals surface area contributed by atoms with Crippen LogP contribution in [0.3, 0.4) is 0 Å². The van der Waals surface area contributed by atoms with Gasteiger partial charge < -0.3 is 19.7 Å². The second-order valence-corrected chi connectivity index (χ2v) is 8.55. The SMILES string of the molecule is CN=C(NCc1ccc(COC2CCOCC2)cc1)N1CC2CCCCC2C1.I. The second-order valence-electron chi connectivity index (χ2n) is 8.55. The monoisotopic (exact) mass is 513 g/mol. The molecule has 0 amide bonds. The Morgan fingerprint density at radius 3 is 2.28 bits per heavy atom. The van der Waals surface area contributed by atoms with Gasteiger partial charge in [-0.05, 0) is 48.6 Å². The lowest BCUT2D eigenvalue weighted by molar-refractivity contribution is -0.0390. The van der Waals surface area contributed by atoms with Gasteiger partial charge in [-0.1, -0.05) is 37.1 Å². The molecule has 0 radical (unpaired) electrons. The predicted molar refractivity (Wildman–Crippen MR) is 128 cm³/mol. The number of fused-ring (bicyclic) bond motifs is 1. The van der Waals surface area contributed by atoms with E-state index in [1.54, 1.807) is 0 Å². The van der Waals surface area contributed by atoms with Crippen molar-refractivity contribution in [3.8, 4) is 0 Å². The van der Waals surface area contributed by atoms with Crippen molar-refractivity contribution >= 4 is 29.9 Å². The molecular formula is C23H36IN3O2. The second kappa shape index (κ2) is 11.5. The maximum Gasteiger partial charge on any atom is 0.193 e. The number of aliphatic imine (C=N–C) groups is 1. The highest BCUT2D eigenvalue weighted by Gasteiger charge is 2.35. The first kappa shape index (κ1) is 22.8. The molecule has 2 heterocycles. The molecule has 1 aromatic carbocycles. The Balaban J connectivity index is 0.00000240. The Morgan fingerprint density at radius 2 is 1.66 bits per heavy atom. The molecule has 1 saturated carbocycles. The van der Waals surface area contributed by atoms with Crippen LogP contribution in [-0.2, 0) is 22.6 Å². The topological polar surface area (TPSA) is 46.1 Å². The van der Waals surface area contributed by atoms with Crippen molar-refractivity contribution < 1.29 is 9.47 Å². The summed E-state index contributed by atoms with van der Waals surface area (Å²) in [5, 5.41) is 3.57. The molecule has 3 aliphatic rings. The summed E-state index contributed by atoms with van der Waals surface area (Å²) < 4.78 is 11.4.